The molecule has 0 aliphatic rings. The molecule has 0 bridgehead atoms. The minimum Gasteiger partial charge on any atom is -0.481 e. The number of aliphatic carboxylic acids is 7. The molecule has 0 heterocycles. The Morgan fingerprint density at radius 1 is 0.603 bits per heavy atom. The van der Waals surface area contributed by atoms with Gasteiger partial charge in [0.15, 0.2) is 0 Å². The fourth-order valence-electron chi connectivity index (χ4n) is 2.82. The van der Waals surface area contributed by atoms with Crippen LogP contribution in [0.25, 0.3) is 0 Å². The molecule has 0 aromatic carbocycles. The summed E-state index contributed by atoms with van der Waals surface area (Å²) in [5.74, 6) is -7.82. The molecule has 0 aliphatic carbocycles. The SMILES string of the molecule is C=CCC(C)C(=O)O.CC(C)CC(=O)C(=O)O.CC(C)CCC(=O)O.CC=CC(C)C(=O)O.CCC(C)C(=O)C(=O)O.CCC(C)CC(=O)O.CCC=C(C)C(=O)O. The first-order valence-electron chi connectivity index (χ1n) is 19.0. The van der Waals surface area contributed by atoms with Gasteiger partial charge in [0.2, 0.25) is 11.6 Å². The van der Waals surface area contributed by atoms with Gasteiger partial charge in [0.05, 0.1) is 11.8 Å². The minimum absolute atomic E-state index is 0.133. The Balaban J connectivity index is -0.000000105. The second-order valence-corrected chi connectivity index (χ2v) is 13.8. The molecule has 4 atom stereocenters. The first-order chi connectivity index (χ1) is 26.5. The van der Waals surface area contributed by atoms with Gasteiger partial charge in [-0.05, 0) is 64.2 Å². The number of Topliss-reactive ketones (excluding diaryl/α,β-unsaturated/α-hetero) is 2. The Morgan fingerprint density at radius 3 is 1.21 bits per heavy atom. The third-order valence-electron chi connectivity index (χ3n) is 6.92. The topological polar surface area (TPSA) is 295 Å². The molecule has 0 aromatic heterocycles. The summed E-state index contributed by atoms with van der Waals surface area (Å²) in [7, 11) is 0. The van der Waals surface area contributed by atoms with Crippen molar-refractivity contribution in [3.05, 3.63) is 36.5 Å². The average Bonchev–Trinajstić information content (AvgIpc) is 3.11. The van der Waals surface area contributed by atoms with E-state index in [-0.39, 0.29) is 30.1 Å². The highest BCUT2D eigenvalue weighted by atomic mass is 16.4. The number of carbonyl (C=O) groups excluding carboxylic acids is 2. The van der Waals surface area contributed by atoms with Gasteiger partial charge < -0.3 is 35.7 Å². The number of ketones is 2. The Hall–Kier alpha value is -5.15. The summed E-state index contributed by atoms with van der Waals surface area (Å²) in [4.78, 5) is 90.6. The predicted octanol–water partition coefficient (Wildman–Crippen LogP) is 8.38. The number of carbonyl (C=O) groups is 9. The second kappa shape index (κ2) is 44.6. The maximum absolute atomic E-state index is 10.5. The summed E-state index contributed by atoms with van der Waals surface area (Å²) in [6.07, 6.45) is 11.1. The third kappa shape index (κ3) is 62.8. The summed E-state index contributed by atoms with van der Waals surface area (Å²) >= 11 is 0. The Kier molecular flexibility index (Phi) is 51.9. The quantitative estimate of drug-likeness (QED) is 0.0365. The van der Waals surface area contributed by atoms with Crippen LogP contribution in [0.3, 0.4) is 0 Å². The molecule has 7 N–H and O–H groups in total. The molecule has 0 saturated heterocycles. The minimum atomic E-state index is -1.33. The Morgan fingerprint density at radius 2 is 1.09 bits per heavy atom. The van der Waals surface area contributed by atoms with Gasteiger partial charge in [0, 0.05) is 30.8 Å². The van der Waals surface area contributed by atoms with Crippen molar-refractivity contribution < 1.29 is 78.9 Å². The lowest BCUT2D eigenvalue weighted by Crippen LogP contribution is -2.19. The molecular weight excluding hydrogens is 760 g/mol. The standard InChI is InChI=1S/2C6H10O3.2C6H12O2.3C6H10O2/c1-4(2)3-5(7)6(8)9;1-3-4(2)5(7)6(8)9;1-5(2)3-4-6(7)8;1-3-5(2)4-6(7)8;3*1-3-4-5(2)6(7)8/h2*4H,3H2,1-2H3,(H,8,9);2*5H,3-4H2,1-2H3,(H,7,8);4H,3H2,1-2H3,(H,7,8);3-5H,1-2H3,(H,7,8);3,5H,1,4H2,2H3,(H,7,8). The molecule has 0 amide bonds. The van der Waals surface area contributed by atoms with Crippen LogP contribution < -0.4 is 0 Å². The normalized spacial score (nSPS) is 11.9. The zero-order valence-corrected chi connectivity index (χ0v) is 36.9. The first kappa shape index (κ1) is 67.6. The monoisotopic (exact) mass is 834 g/mol. The molecule has 0 spiro atoms. The summed E-state index contributed by atoms with van der Waals surface area (Å²) in [5.41, 5.74) is 0.424. The largest absolute Gasteiger partial charge is 0.481 e. The lowest BCUT2D eigenvalue weighted by Gasteiger charge is -2.00. The highest BCUT2D eigenvalue weighted by Gasteiger charge is 2.17. The van der Waals surface area contributed by atoms with Crippen molar-refractivity contribution in [2.45, 2.75) is 141 Å². The van der Waals surface area contributed by atoms with Crippen molar-refractivity contribution >= 4 is 53.4 Å². The molecule has 0 fully saturated rings. The van der Waals surface area contributed by atoms with E-state index < -0.39 is 53.4 Å². The molecule has 58 heavy (non-hydrogen) atoms. The van der Waals surface area contributed by atoms with Gasteiger partial charge in [0.1, 0.15) is 0 Å². The van der Waals surface area contributed by atoms with Crippen molar-refractivity contribution in [2.75, 3.05) is 0 Å². The van der Waals surface area contributed by atoms with E-state index in [2.05, 4.69) is 6.58 Å². The summed E-state index contributed by atoms with van der Waals surface area (Å²) in [6.45, 7) is 27.0. The highest BCUT2D eigenvalue weighted by molar-refractivity contribution is 6.33. The fraction of sp³-hybridized carbons (Fsp3) is 0.643. The van der Waals surface area contributed by atoms with E-state index in [1.807, 2.05) is 34.6 Å². The molecule has 16 nitrogen and oxygen atoms in total. The maximum atomic E-state index is 10.5. The van der Waals surface area contributed by atoms with Crippen molar-refractivity contribution in [3.63, 3.8) is 0 Å². The zero-order chi connectivity index (χ0) is 47.7. The van der Waals surface area contributed by atoms with Gasteiger partial charge in [-0.25, -0.2) is 14.4 Å². The second-order valence-electron chi connectivity index (χ2n) is 13.8. The molecule has 0 saturated carbocycles. The third-order valence-corrected chi connectivity index (χ3v) is 6.92. The first-order valence-corrected chi connectivity index (χ1v) is 19.0. The van der Waals surface area contributed by atoms with Crippen LogP contribution in [0, 0.1) is 35.5 Å². The summed E-state index contributed by atoms with van der Waals surface area (Å²) in [6, 6.07) is 0. The van der Waals surface area contributed by atoms with E-state index in [0.29, 0.717) is 43.1 Å². The predicted molar refractivity (Wildman–Crippen MR) is 223 cm³/mol. The van der Waals surface area contributed by atoms with Crippen molar-refractivity contribution in [2.24, 2.45) is 35.5 Å². The van der Waals surface area contributed by atoms with Crippen LogP contribution in [-0.4, -0.2) is 89.1 Å². The van der Waals surface area contributed by atoms with Gasteiger partial charge >= 0.3 is 41.8 Å². The zero-order valence-electron chi connectivity index (χ0n) is 36.9. The van der Waals surface area contributed by atoms with E-state index in [1.165, 1.54) is 0 Å². The van der Waals surface area contributed by atoms with Crippen molar-refractivity contribution in [1.29, 1.82) is 0 Å². The van der Waals surface area contributed by atoms with Crippen LogP contribution in [-0.2, 0) is 43.2 Å². The molecule has 0 radical (unpaired) electrons. The van der Waals surface area contributed by atoms with Gasteiger partial charge in [-0.1, -0.05) is 100.0 Å². The average molecular weight is 835 g/mol. The van der Waals surface area contributed by atoms with E-state index in [0.717, 1.165) is 19.3 Å². The number of hydrogen-bond acceptors (Lipinski definition) is 9. The summed E-state index contributed by atoms with van der Waals surface area (Å²) < 4.78 is 0. The van der Waals surface area contributed by atoms with E-state index >= 15 is 0 Å². The van der Waals surface area contributed by atoms with Crippen LogP contribution in [0.4, 0.5) is 0 Å². The van der Waals surface area contributed by atoms with Crippen LogP contribution in [0.1, 0.15) is 141 Å². The van der Waals surface area contributed by atoms with Crippen molar-refractivity contribution in [3.8, 4) is 0 Å². The van der Waals surface area contributed by atoms with Gasteiger partial charge in [-0.3, -0.25) is 28.8 Å². The number of carboxylic acids is 7. The van der Waals surface area contributed by atoms with Crippen LogP contribution in [0.5, 0.6) is 0 Å². The molecule has 0 aliphatic heterocycles. The van der Waals surface area contributed by atoms with Gasteiger partial charge in [0.25, 0.3) is 0 Å². The Labute approximate surface area is 345 Å². The molecule has 0 aromatic rings. The lowest BCUT2D eigenvalue weighted by atomic mass is 10.0. The molecule has 338 valence electrons. The van der Waals surface area contributed by atoms with Gasteiger partial charge in [-0.15, -0.1) is 6.58 Å². The molecule has 16 heteroatoms. The fourth-order valence-corrected chi connectivity index (χ4v) is 2.82. The maximum Gasteiger partial charge on any atom is 0.372 e. The highest BCUT2D eigenvalue weighted by Crippen LogP contribution is 2.05. The summed E-state index contributed by atoms with van der Waals surface area (Å²) in [5, 5.41) is 57.4. The van der Waals surface area contributed by atoms with E-state index in [9.17, 15) is 43.2 Å². The number of carboxylic acid groups (broad SMARTS) is 7. The Bertz CT molecular complexity index is 1260. The number of rotatable bonds is 19. The van der Waals surface area contributed by atoms with Crippen LogP contribution in [0.2, 0.25) is 0 Å². The molecule has 4 unspecified atom stereocenters. The smallest absolute Gasteiger partial charge is 0.372 e. The van der Waals surface area contributed by atoms with Gasteiger partial charge in [-0.2, -0.15) is 0 Å². The van der Waals surface area contributed by atoms with Crippen LogP contribution >= 0.6 is 0 Å². The number of allylic oxidation sites excluding steroid dienone is 3. The van der Waals surface area contributed by atoms with Crippen molar-refractivity contribution in [1.82, 2.24) is 0 Å². The number of hydrogen-bond donors (Lipinski definition) is 7. The van der Waals surface area contributed by atoms with E-state index in [1.54, 1.807) is 79.7 Å². The van der Waals surface area contributed by atoms with E-state index in [4.69, 9.17) is 35.7 Å². The van der Waals surface area contributed by atoms with Crippen LogP contribution in [0.15, 0.2) is 36.5 Å². The molecular formula is C42H74O16. The molecule has 0 rings (SSSR count). The lowest BCUT2D eigenvalue weighted by molar-refractivity contribution is -0.150.